The summed E-state index contributed by atoms with van der Waals surface area (Å²) in [6.07, 6.45) is 1.62. The van der Waals surface area contributed by atoms with Crippen LogP contribution in [-0.2, 0) is 13.0 Å². The molecule has 1 aliphatic carbocycles. The highest BCUT2D eigenvalue weighted by Crippen LogP contribution is 2.50. The molecule has 1 aliphatic rings. The van der Waals surface area contributed by atoms with Crippen molar-refractivity contribution in [3.63, 3.8) is 0 Å². The van der Waals surface area contributed by atoms with Gasteiger partial charge in [-0.3, -0.25) is 4.79 Å². The first-order chi connectivity index (χ1) is 17.1. The topological polar surface area (TPSA) is 78.1 Å². The number of rotatable bonds is 8. The molecule has 35 heavy (non-hydrogen) atoms. The lowest BCUT2D eigenvalue weighted by molar-refractivity contribution is 0.324. The number of nitrogens with one attached hydrogen (secondary N) is 2. The molecule has 0 aliphatic heterocycles. The number of hydrogen-bond acceptors (Lipinski definition) is 7. The van der Waals surface area contributed by atoms with E-state index in [1.165, 1.54) is 0 Å². The highest BCUT2D eigenvalue weighted by Gasteiger charge is 2.28. The first kappa shape index (κ1) is 24.4. The van der Waals surface area contributed by atoms with Gasteiger partial charge in [-0.15, -0.1) is 0 Å². The Bertz CT molecular complexity index is 1270. The molecule has 0 unspecified atom stereocenters. The second kappa shape index (κ2) is 10.7. The molecule has 2 N–H and O–H groups in total. The van der Waals surface area contributed by atoms with Crippen LogP contribution in [0.5, 0.6) is 23.0 Å². The Kier molecular flexibility index (Phi) is 7.46. The zero-order valence-electron chi connectivity index (χ0n) is 20.9. The van der Waals surface area contributed by atoms with Gasteiger partial charge in [-0.25, -0.2) is 0 Å². The molecular formula is C28H32N2O5. The minimum atomic E-state index is -0.0794. The van der Waals surface area contributed by atoms with E-state index < -0.39 is 0 Å². The lowest BCUT2D eigenvalue weighted by Gasteiger charge is -2.19. The predicted octanol–water partition coefficient (Wildman–Crippen LogP) is 4.57. The third kappa shape index (κ3) is 4.64. The SMILES string of the molecule is CN[C@H]1CCc2cc(OC)c(OC)c(OC)c2-c2ccc(NCc3ccccc3OC)c(=O)cc21. The molecule has 0 saturated carbocycles. The number of anilines is 1. The molecule has 0 heterocycles. The summed E-state index contributed by atoms with van der Waals surface area (Å²) in [7, 11) is 8.40. The maximum atomic E-state index is 13.3. The second-order valence-corrected chi connectivity index (χ2v) is 8.35. The molecule has 184 valence electrons. The van der Waals surface area contributed by atoms with Crippen LogP contribution in [0.15, 0.2) is 53.3 Å². The lowest BCUT2D eigenvalue weighted by atomic mass is 9.95. The van der Waals surface area contributed by atoms with Crippen molar-refractivity contribution < 1.29 is 18.9 Å². The summed E-state index contributed by atoms with van der Waals surface area (Å²) >= 11 is 0. The zero-order valence-corrected chi connectivity index (χ0v) is 20.9. The fraction of sp³-hybridized carbons (Fsp3) is 0.321. The predicted molar refractivity (Wildman–Crippen MR) is 138 cm³/mol. The van der Waals surface area contributed by atoms with E-state index in [-0.39, 0.29) is 11.5 Å². The fourth-order valence-electron chi connectivity index (χ4n) is 4.80. The van der Waals surface area contributed by atoms with Crippen LogP contribution in [0.25, 0.3) is 11.1 Å². The summed E-state index contributed by atoms with van der Waals surface area (Å²) in [6, 6.07) is 15.3. The van der Waals surface area contributed by atoms with Gasteiger partial charge >= 0.3 is 0 Å². The van der Waals surface area contributed by atoms with Crippen LogP contribution in [0.1, 0.15) is 29.2 Å². The van der Waals surface area contributed by atoms with E-state index in [2.05, 4.69) is 10.6 Å². The molecule has 4 rings (SSSR count). The van der Waals surface area contributed by atoms with Gasteiger partial charge in [-0.05, 0) is 60.8 Å². The van der Waals surface area contributed by atoms with Crippen LogP contribution in [0.4, 0.5) is 5.69 Å². The Morgan fingerprint density at radius 2 is 1.63 bits per heavy atom. The average Bonchev–Trinajstić information content (AvgIpc) is 3.14. The van der Waals surface area contributed by atoms with Crippen LogP contribution < -0.4 is 35.0 Å². The van der Waals surface area contributed by atoms with Crippen LogP contribution >= 0.6 is 0 Å². The summed E-state index contributed by atoms with van der Waals surface area (Å²) in [5.74, 6) is 2.53. The quantitative estimate of drug-likeness (QED) is 0.493. The summed E-state index contributed by atoms with van der Waals surface area (Å²) in [6.45, 7) is 0.467. The molecule has 1 atom stereocenters. The molecular weight excluding hydrogens is 444 g/mol. The third-order valence-electron chi connectivity index (χ3n) is 6.55. The number of fused-ring (bicyclic) bond motifs is 3. The normalized spacial score (nSPS) is 14.3. The molecule has 0 saturated heterocycles. The average molecular weight is 477 g/mol. The van der Waals surface area contributed by atoms with Crippen molar-refractivity contribution in [3.05, 3.63) is 75.4 Å². The minimum absolute atomic E-state index is 0.00117. The van der Waals surface area contributed by atoms with Crippen LogP contribution in [0, 0.1) is 0 Å². The first-order valence-electron chi connectivity index (χ1n) is 11.6. The molecule has 0 spiro atoms. The first-order valence-corrected chi connectivity index (χ1v) is 11.6. The number of aryl methyl sites for hydroxylation is 1. The number of para-hydroxylation sites is 1. The molecule has 0 radical (unpaired) electrons. The largest absolute Gasteiger partial charge is 0.496 e. The Hall–Kier alpha value is -3.71. The molecule has 0 aromatic heterocycles. The summed E-state index contributed by atoms with van der Waals surface area (Å²) in [5, 5.41) is 6.68. The summed E-state index contributed by atoms with van der Waals surface area (Å²) in [4.78, 5) is 13.3. The number of benzene rings is 2. The standard InChI is InChI=1S/C28H32N2O5/c1-29-21-12-10-17-14-25(33-3)27(34-4)28(35-5)26(17)19-11-13-22(23(31)15-20(19)21)30-16-18-8-6-7-9-24(18)32-2/h6-9,11,13-15,21,29H,10,12,16H2,1-5H3,(H,30,31)/t21-/m0/s1. The van der Waals surface area contributed by atoms with Gasteiger partial charge in [-0.1, -0.05) is 24.3 Å². The summed E-state index contributed by atoms with van der Waals surface area (Å²) in [5.41, 5.74) is 5.26. The van der Waals surface area contributed by atoms with E-state index in [9.17, 15) is 4.79 Å². The van der Waals surface area contributed by atoms with E-state index in [0.717, 1.165) is 46.4 Å². The smallest absolute Gasteiger partial charge is 0.203 e. The van der Waals surface area contributed by atoms with Crippen molar-refractivity contribution >= 4 is 5.69 Å². The van der Waals surface area contributed by atoms with Crippen molar-refractivity contribution in [2.75, 3.05) is 40.8 Å². The summed E-state index contributed by atoms with van der Waals surface area (Å²) < 4.78 is 22.5. The van der Waals surface area contributed by atoms with Crippen LogP contribution in [0.3, 0.4) is 0 Å². The molecule has 0 fully saturated rings. The lowest BCUT2D eigenvalue weighted by Crippen LogP contribution is -2.18. The van der Waals surface area contributed by atoms with E-state index in [1.807, 2.05) is 49.5 Å². The van der Waals surface area contributed by atoms with Gasteiger partial charge in [0.25, 0.3) is 0 Å². The molecule has 0 bridgehead atoms. The van der Waals surface area contributed by atoms with E-state index in [0.29, 0.717) is 29.5 Å². The van der Waals surface area contributed by atoms with Gasteiger partial charge in [-0.2, -0.15) is 0 Å². The van der Waals surface area contributed by atoms with Gasteiger partial charge in [0.1, 0.15) is 5.75 Å². The molecule has 3 aromatic rings. The third-order valence-corrected chi connectivity index (χ3v) is 6.55. The van der Waals surface area contributed by atoms with Crippen LogP contribution in [-0.4, -0.2) is 35.5 Å². The molecule has 3 aromatic carbocycles. The van der Waals surface area contributed by atoms with Gasteiger partial charge in [0.2, 0.25) is 11.2 Å². The van der Waals surface area contributed by atoms with E-state index in [4.69, 9.17) is 18.9 Å². The maximum Gasteiger partial charge on any atom is 0.203 e. The van der Waals surface area contributed by atoms with E-state index in [1.54, 1.807) is 34.5 Å². The van der Waals surface area contributed by atoms with Crippen molar-refractivity contribution in [1.82, 2.24) is 5.32 Å². The van der Waals surface area contributed by atoms with E-state index >= 15 is 0 Å². The Labute approximate surface area is 206 Å². The Balaban J connectivity index is 1.87. The second-order valence-electron chi connectivity index (χ2n) is 8.35. The minimum Gasteiger partial charge on any atom is -0.496 e. The molecule has 7 heteroatoms. The van der Waals surface area contributed by atoms with Gasteiger partial charge in [0.15, 0.2) is 11.5 Å². The van der Waals surface area contributed by atoms with Crippen LogP contribution in [0.2, 0.25) is 0 Å². The maximum absolute atomic E-state index is 13.3. The highest BCUT2D eigenvalue weighted by atomic mass is 16.5. The zero-order chi connectivity index (χ0) is 24.9. The Morgan fingerprint density at radius 1 is 0.886 bits per heavy atom. The van der Waals surface area contributed by atoms with Gasteiger partial charge in [0, 0.05) is 23.7 Å². The van der Waals surface area contributed by atoms with Gasteiger partial charge < -0.3 is 29.6 Å². The molecule has 7 nitrogen and oxygen atoms in total. The van der Waals surface area contributed by atoms with Crippen molar-refractivity contribution in [2.45, 2.75) is 25.4 Å². The highest BCUT2D eigenvalue weighted by molar-refractivity contribution is 5.83. The monoisotopic (exact) mass is 476 g/mol. The van der Waals surface area contributed by atoms with Crippen molar-refractivity contribution in [1.29, 1.82) is 0 Å². The number of hydrogen-bond donors (Lipinski definition) is 2. The Morgan fingerprint density at radius 3 is 2.31 bits per heavy atom. The van der Waals surface area contributed by atoms with Crippen molar-refractivity contribution in [3.8, 4) is 34.1 Å². The number of ether oxygens (including phenoxy) is 4. The fourth-order valence-corrected chi connectivity index (χ4v) is 4.80. The molecule has 0 amide bonds. The van der Waals surface area contributed by atoms with Crippen molar-refractivity contribution in [2.24, 2.45) is 0 Å². The number of methoxy groups -OCH3 is 4. The van der Waals surface area contributed by atoms with Gasteiger partial charge in [0.05, 0.1) is 34.1 Å².